The minimum atomic E-state index is -0.811. The van der Waals surface area contributed by atoms with E-state index in [1.165, 1.54) is 4.90 Å². The smallest absolute Gasteiger partial charge is 0.342 e. The van der Waals surface area contributed by atoms with Crippen LogP contribution in [0, 0.1) is 0 Å². The second-order valence-electron chi connectivity index (χ2n) is 1.53. The highest BCUT2D eigenvalue weighted by atomic mass is 35.5. The summed E-state index contributed by atoms with van der Waals surface area (Å²) in [6, 6.07) is 0. The third-order valence-corrected chi connectivity index (χ3v) is 1.06. The van der Waals surface area contributed by atoms with Crippen LogP contribution >= 0.6 is 23.2 Å². The minimum absolute atomic E-state index is 0.0787. The van der Waals surface area contributed by atoms with Crippen LogP contribution in [0.5, 0.6) is 0 Å². The fourth-order valence-corrected chi connectivity index (χ4v) is 0.373. The zero-order valence-corrected chi connectivity index (χ0v) is 6.57. The van der Waals surface area contributed by atoms with Crippen molar-refractivity contribution in [3.63, 3.8) is 0 Å². The van der Waals surface area contributed by atoms with E-state index in [9.17, 15) is 4.79 Å². The number of amides is 1. The summed E-state index contributed by atoms with van der Waals surface area (Å²) < 4.78 is 0. The maximum Gasteiger partial charge on any atom is 0.342 e. The van der Waals surface area contributed by atoms with E-state index in [2.05, 4.69) is 4.99 Å². The molecule has 0 aromatic rings. The van der Waals surface area contributed by atoms with Crippen molar-refractivity contribution < 1.29 is 4.79 Å². The second kappa shape index (κ2) is 3.69. The van der Waals surface area contributed by atoms with Crippen LogP contribution in [0.15, 0.2) is 4.99 Å². The molecule has 1 amide bonds. The number of aliphatic imine (C=N–C) groups is 1. The van der Waals surface area contributed by atoms with Crippen LogP contribution in [0.1, 0.15) is 0 Å². The van der Waals surface area contributed by atoms with E-state index in [1.54, 1.807) is 14.1 Å². The lowest BCUT2D eigenvalue weighted by Gasteiger charge is -2.05. The zero-order chi connectivity index (χ0) is 7.44. The van der Waals surface area contributed by atoms with Crippen LogP contribution in [0.4, 0.5) is 4.79 Å². The molecule has 0 heterocycles. The lowest BCUT2D eigenvalue weighted by atomic mass is 10.9. The van der Waals surface area contributed by atoms with Gasteiger partial charge in [0.1, 0.15) is 0 Å². The molecule has 52 valence electrons. The lowest BCUT2D eigenvalue weighted by molar-refractivity contribution is 0.266. The van der Waals surface area contributed by atoms with E-state index in [0.29, 0.717) is 0 Å². The van der Waals surface area contributed by atoms with Crippen molar-refractivity contribution in [1.29, 1.82) is 0 Å². The summed E-state index contributed by atoms with van der Waals surface area (Å²) in [5.41, 5.74) is 0. The molecule has 0 aliphatic rings. The minimum Gasteiger partial charge on any atom is -0.353 e. The molecule has 0 aromatic carbocycles. The number of hydrogen-bond donors (Lipinski definition) is 0. The first-order valence-corrected chi connectivity index (χ1v) is 2.90. The van der Waals surface area contributed by atoms with Gasteiger partial charge in [-0.05, 0) is 23.2 Å². The molecule has 0 aliphatic carbocycles. The molecule has 0 rings (SSSR count). The Morgan fingerprint density at radius 1 is 1.44 bits per heavy atom. The quantitative estimate of drug-likeness (QED) is 0.238. The van der Waals surface area contributed by atoms with Crippen LogP contribution in [0.2, 0.25) is 0 Å². The Bertz CT molecular complexity index is 144. The molecule has 0 N–H and O–H groups in total. The Labute approximate surface area is 63.3 Å². The Kier molecular flexibility index (Phi) is 3.58. The normalized spacial score (nSPS) is 11.3. The van der Waals surface area contributed by atoms with Crippen molar-refractivity contribution in [2.24, 2.45) is 4.99 Å². The van der Waals surface area contributed by atoms with Crippen LogP contribution in [-0.4, -0.2) is 29.7 Å². The van der Waals surface area contributed by atoms with Crippen molar-refractivity contribution in [2.75, 3.05) is 14.1 Å². The van der Waals surface area contributed by atoms with Gasteiger partial charge in [-0.2, -0.15) is 4.99 Å². The van der Waals surface area contributed by atoms with Crippen LogP contribution in [0.25, 0.3) is 0 Å². The Balaban J connectivity index is 4.00. The van der Waals surface area contributed by atoms with E-state index >= 15 is 0 Å². The molecule has 0 spiro atoms. The number of halogens is 2. The maximum absolute atomic E-state index is 10.0. The molecular formula is C4H6Cl2N2O. The van der Waals surface area contributed by atoms with Gasteiger partial charge in [-0.1, -0.05) is 0 Å². The molecule has 0 saturated heterocycles. The molecular weight excluding hydrogens is 163 g/mol. The molecule has 0 radical (unpaired) electrons. The number of carbonyl (C=O) groups excluding carboxylic acids is 1. The van der Waals surface area contributed by atoms with Gasteiger partial charge in [0.15, 0.2) is 0 Å². The first-order chi connectivity index (χ1) is 4.04. The summed E-state index contributed by atoms with van der Waals surface area (Å²) in [6.07, 6.45) is 0. The van der Waals surface area contributed by atoms with Crippen molar-refractivity contribution in [3.8, 4) is 0 Å². The highest BCUT2D eigenvalue weighted by molar-refractivity contribution is 6.70. The van der Waals surface area contributed by atoms with Gasteiger partial charge in [0, 0.05) is 14.1 Å². The van der Waals surface area contributed by atoms with Gasteiger partial charge in [-0.3, -0.25) is 4.79 Å². The molecule has 5 heteroatoms. The largest absolute Gasteiger partial charge is 0.353 e. The molecule has 0 aliphatic heterocycles. The molecule has 0 atom stereocenters. The number of amidine groups is 1. The average Bonchev–Trinajstić information content (AvgIpc) is 1.63. The summed E-state index contributed by atoms with van der Waals surface area (Å²) in [5.74, 6) is 0. The molecule has 0 aromatic heterocycles. The highest BCUT2D eigenvalue weighted by Crippen LogP contribution is 1.93. The SMILES string of the molecule is CN(C)/C(Cl)=N/C(=O)Cl. The molecule has 0 saturated carbocycles. The van der Waals surface area contributed by atoms with Gasteiger partial charge in [0.25, 0.3) is 0 Å². The number of rotatable bonds is 0. The number of nitrogens with zero attached hydrogens (tertiary/aromatic N) is 2. The van der Waals surface area contributed by atoms with E-state index in [1.807, 2.05) is 0 Å². The van der Waals surface area contributed by atoms with Crippen LogP contribution < -0.4 is 0 Å². The van der Waals surface area contributed by atoms with Gasteiger partial charge in [0.05, 0.1) is 0 Å². The van der Waals surface area contributed by atoms with E-state index in [0.717, 1.165) is 0 Å². The first-order valence-electron chi connectivity index (χ1n) is 2.15. The molecule has 0 unspecified atom stereocenters. The molecule has 0 bridgehead atoms. The predicted octanol–water partition coefficient (Wildman–Crippen LogP) is 1.50. The molecule has 0 fully saturated rings. The van der Waals surface area contributed by atoms with E-state index < -0.39 is 5.37 Å². The summed E-state index contributed by atoms with van der Waals surface area (Å²) in [4.78, 5) is 14.7. The van der Waals surface area contributed by atoms with Crippen molar-refractivity contribution >= 4 is 33.9 Å². The van der Waals surface area contributed by atoms with Gasteiger partial charge in [0.2, 0.25) is 5.29 Å². The Morgan fingerprint density at radius 2 is 1.89 bits per heavy atom. The Morgan fingerprint density at radius 3 is 2.00 bits per heavy atom. The van der Waals surface area contributed by atoms with Crippen molar-refractivity contribution in [1.82, 2.24) is 4.90 Å². The Hall–Kier alpha value is -0.280. The summed E-state index contributed by atoms with van der Waals surface area (Å²) >= 11 is 10.3. The third-order valence-electron chi connectivity index (χ3n) is 0.549. The van der Waals surface area contributed by atoms with Crippen molar-refractivity contribution in [3.05, 3.63) is 0 Å². The first kappa shape index (κ1) is 8.72. The van der Waals surface area contributed by atoms with E-state index in [-0.39, 0.29) is 5.29 Å². The predicted molar refractivity (Wildman–Crippen MR) is 38.2 cm³/mol. The van der Waals surface area contributed by atoms with Gasteiger partial charge >= 0.3 is 5.37 Å². The fraction of sp³-hybridized carbons (Fsp3) is 0.500. The fourth-order valence-electron chi connectivity index (χ4n) is 0.173. The van der Waals surface area contributed by atoms with E-state index in [4.69, 9.17) is 23.2 Å². The van der Waals surface area contributed by atoms with Crippen LogP contribution in [0.3, 0.4) is 0 Å². The van der Waals surface area contributed by atoms with Gasteiger partial charge < -0.3 is 4.90 Å². The number of hydrogen-bond acceptors (Lipinski definition) is 1. The third kappa shape index (κ3) is 4.24. The summed E-state index contributed by atoms with van der Waals surface area (Å²) in [6.45, 7) is 0. The lowest BCUT2D eigenvalue weighted by Crippen LogP contribution is -2.16. The van der Waals surface area contributed by atoms with Gasteiger partial charge in [-0.15, -0.1) is 0 Å². The highest BCUT2D eigenvalue weighted by Gasteiger charge is 1.97. The maximum atomic E-state index is 10.0. The van der Waals surface area contributed by atoms with Crippen molar-refractivity contribution in [2.45, 2.75) is 0 Å². The zero-order valence-electron chi connectivity index (χ0n) is 5.06. The monoisotopic (exact) mass is 168 g/mol. The standard InChI is InChI=1S/C4H6Cl2N2O/c1-8(2)3(5)7-4(6)9/h1-2H3/b7-3+. The molecule has 9 heavy (non-hydrogen) atoms. The summed E-state index contributed by atoms with van der Waals surface area (Å²) in [5, 5.41) is -0.733. The molecule has 3 nitrogen and oxygen atoms in total. The topological polar surface area (TPSA) is 32.7 Å². The van der Waals surface area contributed by atoms with Crippen LogP contribution in [-0.2, 0) is 0 Å². The summed E-state index contributed by atoms with van der Waals surface area (Å²) in [7, 11) is 3.32. The van der Waals surface area contributed by atoms with Gasteiger partial charge in [-0.25, -0.2) is 0 Å². The average molecular weight is 169 g/mol. The second-order valence-corrected chi connectivity index (χ2v) is 2.19. The number of carbonyl (C=O) groups is 1.